The lowest BCUT2D eigenvalue weighted by Gasteiger charge is -2.07. The highest BCUT2D eigenvalue weighted by Gasteiger charge is 2.14. The smallest absolute Gasteiger partial charge is 0.338 e. The number of esters is 1. The van der Waals surface area contributed by atoms with Crippen LogP contribution >= 0.6 is 0 Å². The van der Waals surface area contributed by atoms with Crippen LogP contribution in [0.2, 0.25) is 0 Å². The van der Waals surface area contributed by atoms with Gasteiger partial charge in [-0.3, -0.25) is 0 Å². The van der Waals surface area contributed by atoms with Gasteiger partial charge < -0.3 is 4.74 Å². The van der Waals surface area contributed by atoms with Crippen molar-refractivity contribution in [2.75, 3.05) is 13.2 Å². The molecule has 0 aliphatic rings. The number of benzene rings is 1. The molecule has 106 valence electrons. The Bertz CT molecular complexity index is 508. The van der Waals surface area contributed by atoms with Crippen LogP contribution in [0.15, 0.2) is 29.2 Å². The summed E-state index contributed by atoms with van der Waals surface area (Å²) in [4.78, 5) is 11.6. The fourth-order valence-corrected chi connectivity index (χ4v) is 2.53. The third kappa shape index (κ3) is 4.65. The van der Waals surface area contributed by atoms with E-state index in [1.54, 1.807) is 6.92 Å². The van der Waals surface area contributed by atoms with Crippen molar-refractivity contribution in [3.63, 3.8) is 0 Å². The third-order valence-corrected chi connectivity index (χ3v) is 3.98. The van der Waals surface area contributed by atoms with E-state index >= 15 is 0 Å². The summed E-state index contributed by atoms with van der Waals surface area (Å²) >= 11 is 0. The molecule has 0 atom stereocenters. The summed E-state index contributed by atoms with van der Waals surface area (Å²) in [7, 11) is -3.49. The first-order valence-electron chi connectivity index (χ1n) is 6.28. The fraction of sp³-hybridized carbons (Fsp3) is 0.462. The first kappa shape index (κ1) is 15.7. The molecule has 0 aliphatic heterocycles. The van der Waals surface area contributed by atoms with E-state index in [0.717, 1.165) is 12.8 Å². The number of ether oxygens (including phenoxy) is 1. The van der Waals surface area contributed by atoms with Crippen molar-refractivity contribution in [2.45, 2.75) is 31.6 Å². The molecule has 19 heavy (non-hydrogen) atoms. The van der Waals surface area contributed by atoms with Crippen molar-refractivity contribution in [1.82, 2.24) is 4.72 Å². The molecule has 0 spiro atoms. The van der Waals surface area contributed by atoms with E-state index in [0.29, 0.717) is 12.1 Å². The molecule has 0 unspecified atom stereocenters. The highest BCUT2D eigenvalue weighted by atomic mass is 32.2. The highest BCUT2D eigenvalue weighted by Crippen LogP contribution is 2.11. The molecule has 1 aromatic carbocycles. The molecule has 1 rings (SSSR count). The van der Waals surface area contributed by atoms with E-state index in [2.05, 4.69) is 4.72 Å². The number of hydrogen-bond acceptors (Lipinski definition) is 4. The lowest BCUT2D eigenvalue weighted by molar-refractivity contribution is 0.0526. The van der Waals surface area contributed by atoms with Gasteiger partial charge in [-0.25, -0.2) is 17.9 Å². The van der Waals surface area contributed by atoms with Crippen molar-refractivity contribution >= 4 is 16.0 Å². The van der Waals surface area contributed by atoms with Gasteiger partial charge in [0, 0.05) is 6.54 Å². The quantitative estimate of drug-likeness (QED) is 0.614. The molecule has 0 heterocycles. The summed E-state index contributed by atoms with van der Waals surface area (Å²) < 4.78 is 31.1. The van der Waals surface area contributed by atoms with Gasteiger partial charge in [0.2, 0.25) is 10.0 Å². The minimum atomic E-state index is -3.49. The second kappa shape index (κ2) is 7.25. The first-order chi connectivity index (χ1) is 9.01. The van der Waals surface area contributed by atoms with Gasteiger partial charge >= 0.3 is 5.97 Å². The molecule has 0 aromatic heterocycles. The number of sulfonamides is 1. The molecular weight excluding hydrogens is 266 g/mol. The SMILES string of the molecule is CCCCNS(=O)(=O)c1ccc(C(=O)OCC)cc1. The molecule has 1 aromatic rings. The summed E-state index contributed by atoms with van der Waals surface area (Å²) in [6.45, 7) is 4.41. The Hall–Kier alpha value is -1.40. The Morgan fingerprint density at radius 1 is 1.21 bits per heavy atom. The van der Waals surface area contributed by atoms with Gasteiger partial charge in [0.05, 0.1) is 17.1 Å². The highest BCUT2D eigenvalue weighted by molar-refractivity contribution is 7.89. The van der Waals surface area contributed by atoms with Crippen LogP contribution in [0.5, 0.6) is 0 Å². The molecule has 0 aliphatic carbocycles. The topological polar surface area (TPSA) is 72.5 Å². The Kier molecular flexibility index (Phi) is 5.98. The number of unbranched alkanes of at least 4 members (excludes halogenated alkanes) is 1. The van der Waals surface area contributed by atoms with Crippen molar-refractivity contribution in [2.24, 2.45) is 0 Å². The Morgan fingerprint density at radius 3 is 2.37 bits per heavy atom. The molecule has 0 bridgehead atoms. The lowest BCUT2D eigenvalue weighted by atomic mass is 10.2. The normalized spacial score (nSPS) is 11.3. The van der Waals surface area contributed by atoms with Crippen LogP contribution < -0.4 is 4.72 Å². The van der Waals surface area contributed by atoms with Crippen LogP contribution in [0.3, 0.4) is 0 Å². The average Bonchev–Trinajstić information content (AvgIpc) is 2.39. The van der Waals surface area contributed by atoms with Crippen molar-refractivity contribution in [3.05, 3.63) is 29.8 Å². The summed E-state index contributed by atoms with van der Waals surface area (Å²) in [6, 6.07) is 5.71. The van der Waals surface area contributed by atoms with Gasteiger partial charge in [-0.05, 0) is 37.6 Å². The lowest BCUT2D eigenvalue weighted by Crippen LogP contribution is -2.24. The maximum atomic E-state index is 11.9. The zero-order chi connectivity index (χ0) is 14.3. The van der Waals surface area contributed by atoms with E-state index in [1.807, 2.05) is 6.92 Å². The van der Waals surface area contributed by atoms with Gasteiger partial charge in [-0.15, -0.1) is 0 Å². The molecule has 6 heteroatoms. The summed E-state index contributed by atoms with van der Waals surface area (Å²) in [5.41, 5.74) is 0.342. The van der Waals surface area contributed by atoms with E-state index in [4.69, 9.17) is 4.74 Å². The maximum absolute atomic E-state index is 11.9. The molecule has 0 fully saturated rings. The monoisotopic (exact) mass is 285 g/mol. The predicted molar refractivity (Wildman–Crippen MR) is 72.5 cm³/mol. The number of carbonyl (C=O) groups is 1. The van der Waals surface area contributed by atoms with Crippen LogP contribution in [0.4, 0.5) is 0 Å². The Morgan fingerprint density at radius 2 is 1.84 bits per heavy atom. The number of hydrogen-bond donors (Lipinski definition) is 1. The zero-order valence-corrected chi connectivity index (χ0v) is 12.0. The standard InChI is InChI=1S/C13H19NO4S/c1-3-5-10-14-19(16,17)12-8-6-11(7-9-12)13(15)18-4-2/h6-9,14H,3-5,10H2,1-2H3. The summed E-state index contributed by atoms with van der Waals surface area (Å²) in [6.07, 6.45) is 1.71. The first-order valence-corrected chi connectivity index (χ1v) is 7.76. The van der Waals surface area contributed by atoms with Crippen LogP contribution in [-0.2, 0) is 14.8 Å². The van der Waals surface area contributed by atoms with Crippen LogP contribution in [0.1, 0.15) is 37.0 Å². The van der Waals surface area contributed by atoms with Gasteiger partial charge in [-0.1, -0.05) is 13.3 Å². The molecule has 1 N–H and O–H groups in total. The molecule has 0 radical (unpaired) electrons. The van der Waals surface area contributed by atoms with Gasteiger partial charge in [0.1, 0.15) is 0 Å². The van der Waals surface area contributed by atoms with Crippen molar-refractivity contribution in [3.8, 4) is 0 Å². The molecule has 0 saturated heterocycles. The van der Waals surface area contributed by atoms with Gasteiger partial charge in [0.15, 0.2) is 0 Å². The van der Waals surface area contributed by atoms with Crippen molar-refractivity contribution < 1.29 is 17.9 Å². The largest absolute Gasteiger partial charge is 0.462 e. The molecular formula is C13H19NO4S. The van der Waals surface area contributed by atoms with E-state index in [9.17, 15) is 13.2 Å². The van der Waals surface area contributed by atoms with E-state index in [-0.39, 0.29) is 11.5 Å². The fourth-order valence-electron chi connectivity index (χ4n) is 1.45. The van der Waals surface area contributed by atoms with Crippen molar-refractivity contribution in [1.29, 1.82) is 0 Å². The van der Waals surface area contributed by atoms with Gasteiger partial charge in [0.25, 0.3) is 0 Å². The average molecular weight is 285 g/mol. The van der Waals surface area contributed by atoms with E-state index in [1.165, 1.54) is 24.3 Å². The second-order valence-electron chi connectivity index (χ2n) is 4.00. The summed E-state index contributed by atoms with van der Waals surface area (Å²) in [5, 5.41) is 0. The third-order valence-electron chi connectivity index (χ3n) is 2.50. The molecule has 0 saturated carbocycles. The van der Waals surface area contributed by atoms with Crippen LogP contribution in [-0.4, -0.2) is 27.5 Å². The predicted octanol–water partition coefficient (Wildman–Crippen LogP) is 1.94. The maximum Gasteiger partial charge on any atom is 0.338 e. The Labute approximate surface area is 114 Å². The molecule has 0 amide bonds. The number of carbonyl (C=O) groups excluding carboxylic acids is 1. The Balaban J connectivity index is 2.77. The van der Waals surface area contributed by atoms with Crippen LogP contribution in [0, 0.1) is 0 Å². The summed E-state index contributed by atoms with van der Waals surface area (Å²) in [5.74, 6) is -0.453. The number of rotatable bonds is 7. The van der Waals surface area contributed by atoms with Crippen LogP contribution in [0.25, 0.3) is 0 Å². The second-order valence-corrected chi connectivity index (χ2v) is 5.76. The van der Waals surface area contributed by atoms with Gasteiger partial charge in [-0.2, -0.15) is 0 Å². The minimum absolute atomic E-state index is 0.150. The molecule has 5 nitrogen and oxygen atoms in total. The zero-order valence-electron chi connectivity index (χ0n) is 11.2. The van der Waals surface area contributed by atoms with E-state index < -0.39 is 16.0 Å². The minimum Gasteiger partial charge on any atom is -0.462 e. The number of nitrogens with one attached hydrogen (secondary N) is 1.